The molecule has 0 atom stereocenters. The molecule has 0 bridgehead atoms. The van der Waals surface area contributed by atoms with Crippen LogP contribution in [0.3, 0.4) is 0 Å². The molecular weight excluding hydrogens is 673 g/mol. The van der Waals surface area contributed by atoms with Crippen molar-refractivity contribution in [2.45, 2.75) is 18.5 Å². The van der Waals surface area contributed by atoms with E-state index >= 15 is 0 Å². The smallest absolute Gasteiger partial charge is 0.308 e. The van der Waals surface area contributed by atoms with Crippen molar-refractivity contribution in [3.05, 3.63) is 118 Å². The molecule has 0 unspecified atom stereocenters. The van der Waals surface area contributed by atoms with Crippen LogP contribution in [0.4, 0.5) is 39.5 Å². The summed E-state index contributed by atoms with van der Waals surface area (Å²) in [7, 11) is 0. The van der Waals surface area contributed by atoms with Crippen LogP contribution in [0.25, 0.3) is 55.0 Å². The van der Waals surface area contributed by atoms with E-state index in [0.717, 1.165) is 0 Å². The molecule has 0 aliphatic heterocycles. The lowest BCUT2D eigenvalue weighted by Gasteiger charge is -2.23. The van der Waals surface area contributed by atoms with E-state index in [-0.39, 0.29) is 61.8 Å². The lowest BCUT2D eigenvalue weighted by molar-refractivity contribution is -0.148. The van der Waals surface area contributed by atoms with E-state index in [1.54, 1.807) is 24.3 Å². The molecule has 0 fully saturated rings. The van der Waals surface area contributed by atoms with Crippen molar-refractivity contribution in [1.29, 1.82) is 15.8 Å². The normalized spacial score (nSPS) is 12.4. The fourth-order valence-corrected chi connectivity index (χ4v) is 6.49. The van der Waals surface area contributed by atoms with Crippen LogP contribution in [-0.2, 0) is 18.5 Å². The van der Waals surface area contributed by atoms with Gasteiger partial charge in [-0.05, 0) is 48.5 Å². The van der Waals surface area contributed by atoms with Gasteiger partial charge in [0.25, 0.3) is 0 Å². The van der Waals surface area contributed by atoms with Gasteiger partial charge < -0.3 is 9.13 Å². The van der Waals surface area contributed by atoms with Crippen LogP contribution in [0.5, 0.6) is 0 Å². The molecule has 0 radical (unpaired) electrons. The largest absolute Gasteiger partial charge is 0.418 e. The molecule has 5 aromatic carbocycles. The quantitative estimate of drug-likeness (QED) is 0.170. The van der Waals surface area contributed by atoms with E-state index in [9.17, 15) is 55.3 Å². The highest BCUT2D eigenvalue weighted by molar-refractivity contribution is 6.19. The summed E-state index contributed by atoms with van der Waals surface area (Å²) in [5.41, 5.74) is -8.08. The van der Waals surface area contributed by atoms with E-state index < -0.39 is 40.9 Å². The molecule has 2 aromatic heterocycles. The number of nitriles is 3. The van der Waals surface area contributed by atoms with Gasteiger partial charge in [0.1, 0.15) is 12.1 Å². The van der Waals surface area contributed by atoms with E-state index in [4.69, 9.17) is 0 Å². The first-order chi connectivity index (χ1) is 23.6. The minimum Gasteiger partial charge on any atom is -0.308 e. The Kier molecular flexibility index (Phi) is 6.92. The number of hydrogen-bond donors (Lipinski definition) is 0. The zero-order valence-electron chi connectivity index (χ0n) is 24.7. The van der Waals surface area contributed by atoms with Crippen LogP contribution >= 0.6 is 0 Å². The maximum Gasteiger partial charge on any atom is 0.418 e. The molecule has 7 rings (SSSR count). The SMILES string of the molecule is N#Cc1cc(C#N)c(-n2c3ccccc3c3cc4c5ccccc5n(-c5c(C(F)(F)F)cc(C(F)(F)F)cc5C(F)(F)F)c4cc32)c(C#N)c1. The third kappa shape index (κ3) is 4.78. The molecule has 246 valence electrons. The first-order valence-corrected chi connectivity index (χ1v) is 14.3. The molecule has 2 heterocycles. The number of aromatic nitrogens is 2. The summed E-state index contributed by atoms with van der Waals surface area (Å²) in [6.45, 7) is 0. The second kappa shape index (κ2) is 10.8. The number of alkyl halides is 9. The first kappa shape index (κ1) is 32.1. The maximum atomic E-state index is 14.6. The van der Waals surface area contributed by atoms with Crippen LogP contribution in [0, 0.1) is 34.0 Å². The third-order valence-corrected chi connectivity index (χ3v) is 8.44. The maximum absolute atomic E-state index is 14.6. The fourth-order valence-electron chi connectivity index (χ4n) is 6.49. The standard InChI is InChI=1S/C36H14F9N5/c37-34(38,39)21-11-26(35(40,41)42)33(27(12-21)36(43,44)45)50-29-8-4-2-6-23(29)25-13-24-22-5-1-3-7-28(22)49(30(24)14-31(25)50)32-19(16-47)9-18(15-46)10-20(32)17-48/h1-14H. The average molecular weight is 688 g/mol. The Bertz CT molecular complexity index is 2640. The van der Waals surface area contributed by atoms with Gasteiger partial charge in [0.2, 0.25) is 0 Å². The lowest BCUT2D eigenvalue weighted by atomic mass is 10.00. The summed E-state index contributed by atoms with van der Waals surface area (Å²) < 4.78 is 131. The predicted octanol–water partition coefficient (Wildman–Crippen LogP) is 10.6. The molecular formula is C36H14F9N5. The van der Waals surface area contributed by atoms with Crippen molar-refractivity contribution in [3.8, 4) is 29.6 Å². The van der Waals surface area contributed by atoms with Crippen LogP contribution in [0.2, 0.25) is 0 Å². The summed E-state index contributed by atoms with van der Waals surface area (Å²) in [6, 6.07) is 22.6. The van der Waals surface area contributed by atoms with Gasteiger partial charge in [-0.25, -0.2) is 0 Å². The van der Waals surface area contributed by atoms with Crippen LogP contribution in [-0.4, -0.2) is 9.13 Å². The Morgan fingerprint density at radius 2 is 0.880 bits per heavy atom. The van der Waals surface area contributed by atoms with Gasteiger partial charge >= 0.3 is 18.5 Å². The molecule has 50 heavy (non-hydrogen) atoms. The fraction of sp³-hybridized carbons (Fsp3) is 0.0833. The Morgan fingerprint density at radius 1 is 0.440 bits per heavy atom. The second-order valence-corrected chi connectivity index (χ2v) is 11.3. The van der Waals surface area contributed by atoms with E-state index in [2.05, 4.69) is 0 Å². The van der Waals surface area contributed by atoms with Gasteiger partial charge in [-0.3, -0.25) is 0 Å². The molecule has 0 saturated heterocycles. The molecule has 0 saturated carbocycles. The molecule has 7 aromatic rings. The van der Waals surface area contributed by atoms with Crippen molar-refractivity contribution < 1.29 is 39.5 Å². The van der Waals surface area contributed by atoms with E-state index in [1.807, 2.05) is 18.2 Å². The van der Waals surface area contributed by atoms with Crippen LogP contribution in [0.15, 0.2) is 84.9 Å². The highest BCUT2D eigenvalue weighted by atomic mass is 19.4. The number of para-hydroxylation sites is 2. The van der Waals surface area contributed by atoms with Crippen molar-refractivity contribution in [1.82, 2.24) is 9.13 Å². The number of halogens is 9. The Labute approximate surface area is 274 Å². The molecule has 0 amide bonds. The van der Waals surface area contributed by atoms with Gasteiger partial charge in [0.05, 0.1) is 72.9 Å². The summed E-state index contributed by atoms with van der Waals surface area (Å²) in [4.78, 5) is 0. The molecule has 14 heteroatoms. The van der Waals surface area contributed by atoms with Gasteiger partial charge in [-0.15, -0.1) is 0 Å². The van der Waals surface area contributed by atoms with Gasteiger partial charge in [0, 0.05) is 21.5 Å². The first-order valence-electron chi connectivity index (χ1n) is 14.3. The third-order valence-electron chi connectivity index (χ3n) is 8.44. The Balaban J connectivity index is 1.74. The lowest BCUT2D eigenvalue weighted by Crippen LogP contribution is -2.20. The minimum atomic E-state index is -5.67. The van der Waals surface area contributed by atoms with Gasteiger partial charge in [-0.2, -0.15) is 55.3 Å². The number of fused-ring (bicyclic) bond motifs is 6. The summed E-state index contributed by atoms with van der Waals surface area (Å²) >= 11 is 0. The number of hydrogen-bond acceptors (Lipinski definition) is 3. The predicted molar refractivity (Wildman–Crippen MR) is 164 cm³/mol. The molecule has 5 nitrogen and oxygen atoms in total. The van der Waals surface area contributed by atoms with Gasteiger partial charge in [0.15, 0.2) is 0 Å². The molecule has 0 aliphatic rings. The number of rotatable bonds is 2. The zero-order valence-corrected chi connectivity index (χ0v) is 24.7. The number of nitrogens with zero attached hydrogens (tertiary/aromatic N) is 5. The van der Waals surface area contributed by atoms with Crippen molar-refractivity contribution in [2.75, 3.05) is 0 Å². The average Bonchev–Trinajstić information content (AvgIpc) is 3.56. The molecule has 0 aliphatic carbocycles. The van der Waals surface area contributed by atoms with Crippen LogP contribution in [0.1, 0.15) is 33.4 Å². The summed E-state index contributed by atoms with van der Waals surface area (Å²) in [5, 5.41) is 31.0. The van der Waals surface area contributed by atoms with Crippen molar-refractivity contribution in [2.24, 2.45) is 0 Å². The molecule has 0 N–H and O–H groups in total. The van der Waals surface area contributed by atoms with Crippen molar-refractivity contribution in [3.63, 3.8) is 0 Å². The summed E-state index contributed by atoms with van der Waals surface area (Å²) in [6.07, 6.45) is -16.9. The van der Waals surface area contributed by atoms with Crippen LogP contribution < -0.4 is 0 Å². The monoisotopic (exact) mass is 687 g/mol. The van der Waals surface area contributed by atoms with Gasteiger partial charge in [-0.1, -0.05) is 36.4 Å². The number of benzene rings is 5. The van der Waals surface area contributed by atoms with Crippen molar-refractivity contribution >= 4 is 43.6 Å². The zero-order chi connectivity index (χ0) is 35.9. The Hall–Kier alpha value is -6.46. The molecule has 0 spiro atoms. The van der Waals surface area contributed by atoms with E-state index in [1.165, 1.54) is 53.1 Å². The highest BCUT2D eigenvalue weighted by Crippen LogP contribution is 2.48. The topological polar surface area (TPSA) is 81.2 Å². The summed E-state index contributed by atoms with van der Waals surface area (Å²) in [5.74, 6) is 0. The van der Waals surface area contributed by atoms with E-state index in [0.29, 0.717) is 20.9 Å². The Morgan fingerprint density at radius 3 is 1.28 bits per heavy atom. The second-order valence-electron chi connectivity index (χ2n) is 11.3. The minimum absolute atomic E-state index is 0.00343. The highest BCUT2D eigenvalue weighted by Gasteiger charge is 2.46.